The van der Waals surface area contributed by atoms with Crippen molar-refractivity contribution < 1.29 is 9.18 Å². The Kier molecular flexibility index (Phi) is 4.61. The van der Waals surface area contributed by atoms with Crippen LogP contribution in [0.5, 0.6) is 0 Å². The Labute approximate surface area is 141 Å². The van der Waals surface area contributed by atoms with E-state index in [-0.39, 0.29) is 17.8 Å². The van der Waals surface area contributed by atoms with Crippen LogP contribution in [0, 0.1) is 5.82 Å². The summed E-state index contributed by atoms with van der Waals surface area (Å²) in [7, 11) is 1.79. The maximum absolute atomic E-state index is 13.1. The number of rotatable bonds is 4. The van der Waals surface area contributed by atoms with E-state index in [9.17, 15) is 9.18 Å². The third kappa shape index (κ3) is 3.30. The average molecular weight is 321 g/mol. The van der Waals surface area contributed by atoms with Gasteiger partial charge in [0.2, 0.25) is 5.91 Å². The average Bonchev–Trinajstić information content (AvgIpc) is 2.61. The molecule has 3 rings (SSSR count). The van der Waals surface area contributed by atoms with Gasteiger partial charge in [-0.15, -0.1) is 0 Å². The predicted molar refractivity (Wildman–Crippen MR) is 95.2 cm³/mol. The molecule has 0 aliphatic heterocycles. The van der Waals surface area contributed by atoms with Crippen molar-refractivity contribution in [2.75, 3.05) is 7.05 Å². The third-order valence-electron chi connectivity index (χ3n) is 4.55. The lowest BCUT2D eigenvalue weighted by atomic mass is 10.0. The van der Waals surface area contributed by atoms with Crippen LogP contribution < -0.4 is 0 Å². The second-order valence-corrected chi connectivity index (χ2v) is 6.05. The second-order valence-electron chi connectivity index (χ2n) is 6.05. The maximum atomic E-state index is 13.1. The molecule has 0 aliphatic rings. The standard InChI is InChI=1S/C21H20FNO/c1-15(16-10-12-19(22)13-11-16)23(2)21(24)14-18-8-5-7-17-6-3-4-9-20(17)18/h3-13,15H,14H2,1-2H3. The van der Waals surface area contributed by atoms with Crippen LogP contribution in [-0.4, -0.2) is 17.9 Å². The van der Waals surface area contributed by atoms with E-state index in [1.54, 1.807) is 24.1 Å². The molecule has 1 atom stereocenters. The number of likely N-dealkylation sites (N-methyl/N-ethyl adjacent to an activating group) is 1. The first kappa shape index (κ1) is 16.2. The van der Waals surface area contributed by atoms with Gasteiger partial charge in [0.05, 0.1) is 12.5 Å². The fraction of sp³-hybridized carbons (Fsp3) is 0.190. The monoisotopic (exact) mass is 321 g/mol. The van der Waals surface area contributed by atoms with Gasteiger partial charge in [-0.25, -0.2) is 4.39 Å². The summed E-state index contributed by atoms with van der Waals surface area (Å²) in [6.07, 6.45) is 0.351. The molecule has 0 radical (unpaired) electrons. The number of hydrogen-bond donors (Lipinski definition) is 0. The van der Waals surface area contributed by atoms with Crippen molar-refractivity contribution in [2.45, 2.75) is 19.4 Å². The van der Waals surface area contributed by atoms with Gasteiger partial charge >= 0.3 is 0 Å². The summed E-state index contributed by atoms with van der Waals surface area (Å²) in [6, 6.07) is 20.3. The van der Waals surface area contributed by atoms with Gasteiger partial charge < -0.3 is 4.90 Å². The largest absolute Gasteiger partial charge is 0.339 e. The number of benzene rings is 3. The van der Waals surface area contributed by atoms with Crippen molar-refractivity contribution in [3.63, 3.8) is 0 Å². The van der Waals surface area contributed by atoms with Gasteiger partial charge in [-0.3, -0.25) is 4.79 Å². The summed E-state index contributed by atoms with van der Waals surface area (Å²) in [4.78, 5) is 14.4. The molecule has 0 saturated heterocycles. The van der Waals surface area contributed by atoms with E-state index >= 15 is 0 Å². The first-order valence-electron chi connectivity index (χ1n) is 8.04. The summed E-state index contributed by atoms with van der Waals surface area (Å²) in [5, 5.41) is 2.24. The highest BCUT2D eigenvalue weighted by Gasteiger charge is 2.18. The highest BCUT2D eigenvalue weighted by molar-refractivity contribution is 5.90. The third-order valence-corrected chi connectivity index (χ3v) is 4.55. The van der Waals surface area contributed by atoms with Gasteiger partial charge in [0, 0.05) is 7.05 Å². The lowest BCUT2D eigenvalue weighted by molar-refractivity contribution is -0.131. The fourth-order valence-corrected chi connectivity index (χ4v) is 2.92. The molecule has 0 bridgehead atoms. The number of nitrogens with zero attached hydrogens (tertiary/aromatic N) is 1. The maximum Gasteiger partial charge on any atom is 0.227 e. The van der Waals surface area contributed by atoms with Gasteiger partial charge in [0.15, 0.2) is 0 Å². The Bertz CT molecular complexity index is 852. The van der Waals surface area contributed by atoms with Crippen LogP contribution in [0.2, 0.25) is 0 Å². The van der Waals surface area contributed by atoms with E-state index in [0.29, 0.717) is 6.42 Å². The minimum absolute atomic E-state index is 0.0446. The number of carbonyl (C=O) groups excluding carboxylic acids is 1. The second kappa shape index (κ2) is 6.83. The SMILES string of the molecule is CC(c1ccc(F)cc1)N(C)C(=O)Cc1cccc2ccccc12. The minimum Gasteiger partial charge on any atom is -0.339 e. The Morgan fingerprint density at radius 2 is 1.67 bits per heavy atom. The van der Waals surface area contributed by atoms with E-state index in [4.69, 9.17) is 0 Å². The summed E-state index contributed by atoms with van der Waals surface area (Å²) >= 11 is 0. The van der Waals surface area contributed by atoms with E-state index in [1.807, 2.05) is 49.4 Å². The summed E-state index contributed by atoms with van der Waals surface area (Å²) in [6.45, 7) is 1.95. The van der Waals surface area contributed by atoms with Gasteiger partial charge in [-0.1, -0.05) is 54.6 Å². The van der Waals surface area contributed by atoms with Crippen LogP contribution in [-0.2, 0) is 11.2 Å². The van der Waals surface area contributed by atoms with E-state index in [1.165, 1.54) is 12.1 Å². The Morgan fingerprint density at radius 3 is 2.42 bits per heavy atom. The first-order valence-corrected chi connectivity index (χ1v) is 8.04. The molecule has 0 N–H and O–H groups in total. The van der Waals surface area contributed by atoms with Crippen molar-refractivity contribution in [3.05, 3.63) is 83.7 Å². The Morgan fingerprint density at radius 1 is 1.00 bits per heavy atom. The molecule has 0 saturated carbocycles. The van der Waals surface area contributed by atoms with Gasteiger partial charge in [0.25, 0.3) is 0 Å². The normalized spacial score (nSPS) is 12.1. The van der Waals surface area contributed by atoms with E-state index < -0.39 is 0 Å². The zero-order valence-electron chi connectivity index (χ0n) is 13.9. The molecule has 3 heteroatoms. The van der Waals surface area contributed by atoms with Crippen molar-refractivity contribution in [2.24, 2.45) is 0 Å². The number of hydrogen-bond acceptors (Lipinski definition) is 1. The summed E-state index contributed by atoms with van der Waals surface area (Å²) in [5.74, 6) is -0.223. The van der Waals surface area contributed by atoms with Crippen molar-refractivity contribution >= 4 is 16.7 Å². The molecule has 0 heterocycles. The lowest BCUT2D eigenvalue weighted by Crippen LogP contribution is -2.31. The van der Waals surface area contributed by atoms with Crippen LogP contribution in [0.1, 0.15) is 24.1 Å². The van der Waals surface area contributed by atoms with Crippen LogP contribution in [0.3, 0.4) is 0 Å². The number of carbonyl (C=O) groups is 1. The topological polar surface area (TPSA) is 20.3 Å². The molecule has 3 aromatic rings. The van der Waals surface area contributed by atoms with Crippen LogP contribution in [0.15, 0.2) is 66.7 Å². The smallest absolute Gasteiger partial charge is 0.227 e. The van der Waals surface area contributed by atoms with Crippen molar-refractivity contribution in [3.8, 4) is 0 Å². The Hall–Kier alpha value is -2.68. The number of halogens is 1. The highest BCUT2D eigenvalue weighted by atomic mass is 19.1. The number of amides is 1. The molecule has 0 aliphatic carbocycles. The molecular weight excluding hydrogens is 301 g/mol. The molecule has 122 valence electrons. The zero-order valence-corrected chi connectivity index (χ0v) is 13.9. The van der Waals surface area contributed by atoms with Gasteiger partial charge in [0.1, 0.15) is 5.82 Å². The molecule has 1 unspecified atom stereocenters. The number of fused-ring (bicyclic) bond motifs is 1. The highest BCUT2D eigenvalue weighted by Crippen LogP contribution is 2.23. The summed E-state index contributed by atoms with van der Waals surface area (Å²) in [5.41, 5.74) is 1.95. The minimum atomic E-state index is -0.268. The molecule has 0 aromatic heterocycles. The van der Waals surface area contributed by atoms with E-state index in [0.717, 1.165) is 21.9 Å². The molecular formula is C21H20FNO. The van der Waals surface area contributed by atoms with Crippen molar-refractivity contribution in [1.82, 2.24) is 4.90 Å². The van der Waals surface area contributed by atoms with Gasteiger partial charge in [-0.05, 0) is 41.0 Å². The quantitative estimate of drug-likeness (QED) is 0.679. The van der Waals surface area contributed by atoms with Crippen LogP contribution >= 0.6 is 0 Å². The Balaban J connectivity index is 1.79. The molecule has 3 aromatic carbocycles. The summed E-state index contributed by atoms with van der Waals surface area (Å²) < 4.78 is 13.1. The van der Waals surface area contributed by atoms with Crippen LogP contribution in [0.4, 0.5) is 4.39 Å². The predicted octanol–water partition coefficient (Wildman–Crippen LogP) is 4.74. The van der Waals surface area contributed by atoms with Crippen molar-refractivity contribution in [1.29, 1.82) is 0 Å². The molecule has 2 nitrogen and oxygen atoms in total. The van der Waals surface area contributed by atoms with E-state index in [2.05, 4.69) is 0 Å². The molecule has 24 heavy (non-hydrogen) atoms. The molecule has 0 fully saturated rings. The molecule has 0 spiro atoms. The first-order chi connectivity index (χ1) is 11.6. The van der Waals surface area contributed by atoms with Gasteiger partial charge in [-0.2, -0.15) is 0 Å². The van der Waals surface area contributed by atoms with Crippen LogP contribution in [0.25, 0.3) is 10.8 Å². The zero-order chi connectivity index (χ0) is 17.1. The lowest BCUT2D eigenvalue weighted by Gasteiger charge is -2.25. The molecule has 1 amide bonds. The fourth-order valence-electron chi connectivity index (χ4n) is 2.92.